The molecular formula is C26H31N5O2. The molecule has 0 bridgehead atoms. The minimum Gasteiger partial charge on any atom is -0.318 e. The van der Waals surface area contributed by atoms with Crippen molar-refractivity contribution in [3.63, 3.8) is 0 Å². The van der Waals surface area contributed by atoms with E-state index in [1.807, 2.05) is 55.5 Å². The second-order valence-electron chi connectivity index (χ2n) is 8.65. The lowest BCUT2D eigenvalue weighted by Crippen LogP contribution is -2.29. The molecule has 1 saturated heterocycles. The molecule has 4 rings (SSSR count). The average Bonchev–Trinajstić information content (AvgIpc) is 2.99. The molecule has 0 radical (unpaired) electrons. The Hall–Kier alpha value is -3.45. The Morgan fingerprint density at radius 3 is 2.27 bits per heavy atom. The summed E-state index contributed by atoms with van der Waals surface area (Å²) in [6.07, 6.45) is 5.14. The first kappa shape index (κ1) is 22.7. The predicted molar refractivity (Wildman–Crippen MR) is 131 cm³/mol. The van der Waals surface area contributed by atoms with Crippen LogP contribution in [0.25, 0.3) is 11.3 Å². The number of nitrogens with one attached hydrogen (secondary N) is 2. The lowest BCUT2D eigenvalue weighted by Gasteiger charge is -2.19. The van der Waals surface area contributed by atoms with Crippen LogP contribution < -0.4 is 10.6 Å². The maximum Gasteiger partial charge on any atom is 0.315 e. The van der Waals surface area contributed by atoms with Crippen molar-refractivity contribution in [3.8, 4) is 11.3 Å². The maximum absolute atomic E-state index is 12.5. The van der Waals surface area contributed by atoms with E-state index in [1.165, 1.54) is 31.2 Å². The summed E-state index contributed by atoms with van der Waals surface area (Å²) in [5, 5.41) is 9.80. The Bertz CT molecular complexity index is 1110. The number of carbonyl (C=O) groups excluding carboxylic acids is 2. The number of carbonyl (C=O) groups is 2. The van der Waals surface area contributed by atoms with Gasteiger partial charge >= 0.3 is 11.8 Å². The topological polar surface area (TPSA) is 79.3 Å². The van der Waals surface area contributed by atoms with Crippen molar-refractivity contribution < 1.29 is 9.59 Å². The van der Waals surface area contributed by atoms with Crippen LogP contribution in [0.15, 0.2) is 54.6 Å². The fourth-order valence-corrected chi connectivity index (χ4v) is 4.18. The van der Waals surface area contributed by atoms with Crippen molar-refractivity contribution in [1.29, 1.82) is 0 Å². The Morgan fingerprint density at radius 2 is 1.58 bits per heavy atom. The lowest BCUT2D eigenvalue weighted by atomic mass is 10.1. The number of benzene rings is 2. The highest BCUT2D eigenvalue weighted by molar-refractivity contribution is 6.43. The molecule has 0 unspecified atom stereocenters. The summed E-state index contributed by atoms with van der Waals surface area (Å²) in [6.45, 7) is 5.20. The van der Waals surface area contributed by atoms with Gasteiger partial charge in [0.25, 0.3) is 0 Å². The van der Waals surface area contributed by atoms with E-state index >= 15 is 0 Å². The van der Waals surface area contributed by atoms with Crippen LogP contribution >= 0.6 is 0 Å². The number of amides is 2. The lowest BCUT2D eigenvalue weighted by molar-refractivity contribution is -0.133. The molecule has 0 spiro atoms. The summed E-state index contributed by atoms with van der Waals surface area (Å²) in [6, 6.07) is 17.4. The number of aromatic nitrogens is 2. The summed E-state index contributed by atoms with van der Waals surface area (Å²) in [4.78, 5) is 27.4. The summed E-state index contributed by atoms with van der Waals surface area (Å²) in [5.41, 5.74) is 4.62. The van der Waals surface area contributed by atoms with E-state index in [-0.39, 0.29) is 0 Å². The van der Waals surface area contributed by atoms with E-state index in [1.54, 1.807) is 17.8 Å². The molecule has 2 heterocycles. The van der Waals surface area contributed by atoms with Crippen LogP contribution in [0.3, 0.4) is 0 Å². The molecule has 1 aliphatic rings. The van der Waals surface area contributed by atoms with Gasteiger partial charge in [0.1, 0.15) is 5.82 Å². The Balaban J connectivity index is 1.34. The van der Waals surface area contributed by atoms with Crippen LogP contribution in [0.5, 0.6) is 0 Å². The van der Waals surface area contributed by atoms with Crippen LogP contribution in [0.4, 0.5) is 11.5 Å². The molecule has 0 aliphatic carbocycles. The highest BCUT2D eigenvalue weighted by Gasteiger charge is 2.18. The molecule has 1 aromatic heterocycles. The van der Waals surface area contributed by atoms with Gasteiger partial charge in [-0.25, -0.2) is 0 Å². The highest BCUT2D eigenvalue weighted by Crippen LogP contribution is 2.24. The Kier molecular flexibility index (Phi) is 7.19. The summed E-state index contributed by atoms with van der Waals surface area (Å²) >= 11 is 0. The SMILES string of the molecule is Cc1ccccc1-c1cc(NC(=O)C(=O)Nc2ccc(CN3CCCCCC3)cc2)n(C)n1. The van der Waals surface area contributed by atoms with Gasteiger partial charge in [-0.15, -0.1) is 0 Å². The third-order valence-corrected chi connectivity index (χ3v) is 6.07. The van der Waals surface area contributed by atoms with Gasteiger partial charge in [0.2, 0.25) is 0 Å². The average molecular weight is 446 g/mol. The first-order valence-corrected chi connectivity index (χ1v) is 11.5. The van der Waals surface area contributed by atoms with Crippen LogP contribution in [0, 0.1) is 6.92 Å². The van der Waals surface area contributed by atoms with Gasteiger partial charge in [0.15, 0.2) is 0 Å². The van der Waals surface area contributed by atoms with E-state index < -0.39 is 11.8 Å². The fraction of sp³-hybridized carbons (Fsp3) is 0.346. The van der Waals surface area contributed by atoms with Gasteiger partial charge < -0.3 is 10.6 Å². The highest BCUT2D eigenvalue weighted by atomic mass is 16.2. The number of hydrogen-bond donors (Lipinski definition) is 2. The second kappa shape index (κ2) is 10.4. The molecule has 1 fully saturated rings. The number of aryl methyl sites for hydroxylation is 2. The summed E-state index contributed by atoms with van der Waals surface area (Å²) in [5.74, 6) is -0.988. The normalized spacial score (nSPS) is 14.5. The molecule has 172 valence electrons. The van der Waals surface area contributed by atoms with Crippen LogP contribution in [-0.4, -0.2) is 39.6 Å². The van der Waals surface area contributed by atoms with Gasteiger partial charge in [-0.05, 0) is 56.1 Å². The molecule has 2 N–H and O–H groups in total. The number of rotatable bonds is 5. The van der Waals surface area contributed by atoms with E-state index in [0.717, 1.165) is 36.5 Å². The van der Waals surface area contributed by atoms with Gasteiger partial charge in [-0.3, -0.25) is 19.2 Å². The monoisotopic (exact) mass is 445 g/mol. The molecule has 1 aliphatic heterocycles. The minimum absolute atomic E-state index is 0.459. The Morgan fingerprint density at radius 1 is 0.909 bits per heavy atom. The summed E-state index contributed by atoms with van der Waals surface area (Å²) < 4.78 is 1.56. The molecule has 33 heavy (non-hydrogen) atoms. The largest absolute Gasteiger partial charge is 0.318 e. The number of likely N-dealkylation sites (tertiary alicyclic amines) is 1. The fourth-order valence-electron chi connectivity index (χ4n) is 4.18. The molecule has 7 nitrogen and oxygen atoms in total. The molecule has 2 amide bonds. The second-order valence-corrected chi connectivity index (χ2v) is 8.65. The zero-order valence-corrected chi connectivity index (χ0v) is 19.3. The first-order chi connectivity index (χ1) is 16.0. The van der Waals surface area contributed by atoms with E-state index in [9.17, 15) is 9.59 Å². The number of anilines is 2. The Labute approximate surface area is 194 Å². The van der Waals surface area contributed by atoms with Crippen LogP contribution in [-0.2, 0) is 23.2 Å². The quantitative estimate of drug-likeness (QED) is 0.573. The molecule has 3 aromatic rings. The van der Waals surface area contributed by atoms with Crippen molar-refractivity contribution >= 4 is 23.3 Å². The van der Waals surface area contributed by atoms with Crippen molar-refractivity contribution in [2.24, 2.45) is 7.05 Å². The van der Waals surface area contributed by atoms with Crippen LogP contribution in [0.1, 0.15) is 36.8 Å². The van der Waals surface area contributed by atoms with Crippen molar-refractivity contribution in [3.05, 3.63) is 65.7 Å². The van der Waals surface area contributed by atoms with Gasteiger partial charge in [-0.2, -0.15) is 5.10 Å². The van der Waals surface area contributed by atoms with Crippen molar-refractivity contribution in [2.45, 2.75) is 39.2 Å². The van der Waals surface area contributed by atoms with Gasteiger partial charge in [-0.1, -0.05) is 49.2 Å². The van der Waals surface area contributed by atoms with E-state index in [4.69, 9.17) is 0 Å². The first-order valence-electron chi connectivity index (χ1n) is 11.5. The molecular weight excluding hydrogens is 414 g/mol. The summed E-state index contributed by atoms with van der Waals surface area (Å²) in [7, 11) is 1.73. The van der Waals surface area contributed by atoms with Crippen molar-refractivity contribution in [1.82, 2.24) is 14.7 Å². The van der Waals surface area contributed by atoms with E-state index in [2.05, 4.69) is 20.6 Å². The number of nitrogens with zero attached hydrogens (tertiary/aromatic N) is 3. The van der Waals surface area contributed by atoms with Crippen molar-refractivity contribution in [2.75, 3.05) is 23.7 Å². The van der Waals surface area contributed by atoms with E-state index in [0.29, 0.717) is 11.5 Å². The molecule has 2 aromatic carbocycles. The predicted octanol–water partition coefficient (Wildman–Crippen LogP) is 4.35. The minimum atomic E-state index is -0.733. The molecule has 0 saturated carbocycles. The standard InChI is InChI=1S/C26H31N5O2/c1-19-9-5-6-10-22(19)23-17-24(30(2)29-23)28-26(33)25(32)27-21-13-11-20(12-14-21)18-31-15-7-3-4-8-16-31/h5-6,9-14,17H,3-4,7-8,15-16,18H2,1-2H3,(H,27,32)(H,28,33). The van der Waals surface area contributed by atoms with Gasteiger partial charge in [0, 0.05) is 30.9 Å². The third-order valence-electron chi connectivity index (χ3n) is 6.07. The number of hydrogen-bond acceptors (Lipinski definition) is 4. The molecule has 7 heteroatoms. The third kappa shape index (κ3) is 5.87. The van der Waals surface area contributed by atoms with Crippen LogP contribution in [0.2, 0.25) is 0 Å². The van der Waals surface area contributed by atoms with Gasteiger partial charge in [0.05, 0.1) is 5.69 Å². The smallest absolute Gasteiger partial charge is 0.315 e. The maximum atomic E-state index is 12.5. The zero-order chi connectivity index (χ0) is 23.2. The zero-order valence-electron chi connectivity index (χ0n) is 19.3. The molecule has 0 atom stereocenters.